The third-order valence-corrected chi connectivity index (χ3v) is 4.34. The van der Waals surface area contributed by atoms with E-state index in [-0.39, 0.29) is 5.92 Å². The van der Waals surface area contributed by atoms with E-state index in [4.69, 9.17) is 0 Å². The number of pyridine rings is 1. The van der Waals surface area contributed by atoms with Gasteiger partial charge in [0.25, 0.3) is 0 Å². The highest BCUT2D eigenvalue weighted by molar-refractivity contribution is 6.08. The van der Waals surface area contributed by atoms with Crippen LogP contribution in [0, 0.1) is 12.8 Å². The summed E-state index contributed by atoms with van der Waals surface area (Å²) in [5.74, 6) is 0.538. The van der Waals surface area contributed by atoms with Crippen LogP contribution < -0.4 is 0 Å². The Kier molecular flexibility index (Phi) is 3.81. The number of carbonyl (C=O) groups is 1. The van der Waals surface area contributed by atoms with Gasteiger partial charge in [-0.05, 0) is 31.9 Å². The third kappa shape index (κ3) is 2.60. The van der Waals surface area contributed by atoms with E-state index in [0.29, 0.717) is 5.78 Å². The zero-order valence-electron chi connectivity index (χ0n) is 12.1. The predicted octanol–water partition coefficient (Wildman–Crippen LogP) is 4.70. The number of para-hydroxylation sites is 1. The second kappa shape index (κ2) is 5.74. The largest absolute Gasteiger partial charge is 0.294 e. The highest BCUT2D eigenvalue weighted by Gasteiger charge is 2.23. The van der Waals surface area contributed by atoms with Crippen LogP contribution in [0.4, 0.5) is 0 Å². The Bertz CT molecular complexity index is 624. The van der Waals surface area contributed by atoms with Crippen LogP contribution in [0.25, 0.3) is 10.9 Å². The van der Waals surface area contributed by atoms with Crippen molar-refractivity contribution in [3.63, 3.8) is 0 Å². The van der Waals surface area contributed by atoms with Crippen molar-refractivity contribution in [1.82, 2.24) is 4.98 Å². The van der Waals surface area contributed by atoms with Gasteiger partial charge in [0.2, 0.25) is 0 Å². The minimum atomic E-state index is 0.211. The van der Waals surface area contributed by atoms with Crippen molar-refractivity contribution in [3.05, 3.63) is 41.6 Å². The number of carbonyl (C=O) groups excluding carboxylic acids is 1. The number of ketones is 1. The summed E-state index contributed by atoms with van der Waals surface area (Å²) < 4.78 is 0. The summed E-state index contributed by atoms with van der Waals surface area (Å²) in [6.45, 7) is 1.97. The predicted molar refractivity (Wildman–Crippen MR) is 82.0 cm³/mol. The zero-order chi connectivity index (χ0) is 13.9. The molecule has 1 aromatic heterocycles. The van der Waals surface area contributed by atoms with Crippen LogP contribution in [0.5, 0.6) is 0 Å². The van der Waals surface area contributed by atoms with Gasteiger partial charge in [-0.25, -0.2) is 0 Å². The molecular formula is C18H21NO. The van der Waals surface area contributed by atoms with Crippen molar-refractivity contribution in [2.45, 2.75) is 45.4 Å². The summed E-state index contributed by atoms with van der Waals surface area (Å²) in [6.07, 6.45) is 7.04. The number of rotatable bonds is 2. The summed E-state index contributed by atoms with van der Waals surface area (Å²) in [5.41, 5.74) is 2.74. The van der Waals surface area contributed by atoms with E-state index in [1.165, 1.54) is 25.7 Å². The van der Waals surface area contributed by atoms with Crippen molar-refractivity contribution in [3.8, 4) is 0 Å². The molecule has 1 heterocycles. The first kappa shape index (κ1) is 13.3. The average Bonchev–Trinajstić information content (AvgIpc) is 2.74. The number of aromatic nitrogens is 1. The molecule has 0 saturated heterocycles. The molecule has 2 heteroatoms. The summed E-state index contributed by atoms with van der Waals surface area (Å²) in [5, 5.41) is 1.01. The number of Topliss-reactive ketones (excluding diaryl/α,β-unsaturated/α-hetero) is 1. The lowest BCUT2D eigenvalue weighted by Crippen LogP contribution is -2.15. The fourth-order valence-electron chi connectivity index (χ4n) is 3.27. The van der Waals surface area contributed by atoms with E-state index in [9.17, 15) is 4.79 Å². The normalized spacial score (nSPS) is 17.1. The molecule has 3 rings (SSSR count). The first-order valence-electron chi connectivity index (χ1n) is 7.66. The standard InChI is InChI=1S/C18H21NO/c1-13-12-16(15-10-6-7-11-17(15)19-13)18(20)14-8-4-2-3-5-9-14/h6-7,10-12,14H,2-5,8-9H2,1H3. The lowest BCUT2D eigenvalue weighted by atomic mass is 9.89. The van der Waals surface area contributed by atoms with Gasteiger partial charge >= 0.3 is 0 Å². The molecule has 2 aromatic rings. The van der Waals surface area contributed by atoms with E-state index < -0.39 is 0 Å². The smallest absolute Gasteiger partial charge is 0.166 e. The molecule has 1 fully saturated rings. The Morgan fingerprint density at radius 3 is 2.55 bits per heavy atom. The van der Waals surface area contributed by atoms with Gasteiger partial charge in [-0.1, -0.05) is 43.9 Å². The van der Waals surface area contributed by atoms with E-state index in [0.717, 1.165) is 35.0 Å². The van der Waals surface area contributed by atoms with Crippen molar-refractivity contribution in [1.29, 1.82) is 0 Å². The van der Waals surface area contributed by atoms with Gasteiger partial charge in [-0.2, -0.15) is 0 Å². The number of nitrogens with zero attached hydrogens (tertiary/aromatic N) is 1. The lowest BCUT2D eigenvalue weighted by Gasteiger charge is -2.14. The number of hydrogen-bond acceptors (Lipinski definition) is 2. The lowest BCUT2D eigenvalue weighted by molar-refractivity contribution is 0.0909. The highest BCUT2D eigenvalue weighted by atomic mass is 16.1. The molecular weight excluding hydrogens is 246 g/mol. The minimum Gasteiger partial charge on any atom is -0.294 e. The summed E-state index contributed by atoms with van der Waals surface area (Å²) >= 11 is 0. The van der Waals surface area contributed by atoms with Gasteiger partial charge in [-0.15, -0.1) is 0 Å². The second-order valence-electron chi connectivity index (χ2n) is 5.88. The number of benzene rings is 1. The fraction of sp³-hybridized carbons (Fsp3) is 0.444. The average molecular weight is 267 g/mol. The molecule has 0 atom stereocenters. The van der Waals surface area contributed by atoms with E-state index in [1.807, 2.05) is 37.3 Å². The Morgan fingerprint density at radius 1 is 1.10 bits per heavy atom. The molecule has 0 unspecified atom stereocenters. The number of fused-ring (bicyclic) bond motifs is 1. The van der Waals surface area contributed by atoms with Crippen LogP contribution in [0.3, 0.4) is 0 Å². The van der Waals surface area contributed by atoms with Gasteiger partial charge in [0.1, 0.15) is 0 Å². The maximum atomic E-state index is 12.9. The molecule has 1 saturated carbocycles. The minimum absolute atomic E-state index is 0.211. The maximum absolute atomic E-state index is 12.9. The summed E-state index contributed by atoms with van der Waals surface area (Å²) in [4.78, 5) is 17.4. The third-order valence-electron chi connectivity index (χ3n) is 4.34. The van der Waals surface area contributed by atoms with Gasteiger partial charge < -0.3 is 0 Å². The van der Waals surface area contributed by atoms with Gasteiger partial charge in [-0.3, -0.25) is 9.78 Å². The van der Waals surface area contributed by atoms with Crippen LogP contribution in [0.15, 0.2) is 30.3 Å². The van der Waals surface area contributed by atoms with Crippen molar-refractivity contribution in [2.24, 2.45) is 5.92 Å². The van der Waals surface area contributed by atoms with Crippen LogP contribution in [-0.2, 0) is 0 Å². The fourth-order valence-corrected chi connectivity index (χ4v) is 3.27. The highest BCUT2D eigenvalue weighted by Crippen LogP contribution is 2.28. The van der Waals surface area contributed by atoms with Gasteiger partial charge in [0.05, 0.1) is 5.52 Å². The van der Waals surface area contributed by atoms with Crippen LogP contribution in [-0.4, -0.2) is 10.8 Å². The molecule has 0 radical (unpaired) electrons. The number of hydrogen-bond donors (Lipinski definition) is 0. The van der Waals surface area contributed by atoms with Crippen LogP contribution in [0.1, 0.15) is 54.6 Å². The molecule has 0 bridgehead atoms. The first-order valence-corrected chi connectivity index (χ1v) is 7.66. The molecule has 0 spiro atoms. The Labute approximate surface area is 120 Å². The summed E-state index contributed by atoms with van der Waals surface area (Å²) in [7, 11) is 0. The molecule has 0 amide bonds. The van der Waals surface area contributed by atoms with Crippen molar-refractivity contribution in [2.75, 3.05) is 0 Å². The molecule has 1 aliphatic rings. The van der Waals surface area contributed by atoms with E-state index in [1.54, 1.807) is 0 Å². The van der Waals surface area contributed by atoms with Crippen molar-refractivity contribution < 1.29 is 4.79 Å². The first-order chi connectivity index (χ1) is 9.75. The zero-order valence-corrected chi connectivity index (χ0v) is 12.1. The molecule has 20 heavy (non-hydrogen) atoms. The topological polar surface area (TPSA) is 30.0 Å². The van der Waals surface area contributed by atoms with Gasteiger partial charge in [0, 0.05) is 22.6 Å². The number of aryl methyl sites for hydroxylation is 1. The molecule has 1 aromatic carbocycles. The second-order valence-corrected chi connectivity index (χ2v) is 5.88. The SMILES string of the molecule is Cc1cc(C(=O)C2CCCCCC2)c2ccccc2n1. The van der Waals surface area contributed by atoms with Crippen molar-refractivity contribution >= 4 is 16.7 Å². The van der Waals surface area contributed by atoms with Crippen LogP contribution >= 0.6 is 0 Å². The summed E-state index contributed by atoms with van der Waals surface area (Å²) in [6, 6.07) is 9.95. The molecule has 0 aliphatic heterocycles. The van der Waals surface area contributed by atoms with E-state index >= 15 is 0 Å². The monoisotopic (exact) mass is 267 g/mol. The van der Waals surface area contributed by atoms with Crippen LogP contribution in [0.2, 0.25) is 0 Å². The maximum Gasteiger partial charge on any atom is 0.166 e. The molecule has 1 aliphatic carbocycles. The quantitative estimate of drug-likeness (QED) is 0.583. The molecule has 2 nitrogen and oxygen atoms in total. The Hall–Kier alpha value is -1.70. The Balaban J connectivity index is 2.02. The van der Waals surface area contributed by atoms with E-state index in [2.05, 4.69) is 4.98 Å². The van der Waals surface area contributed by atoms with Gasteiger partial charge in [0.15, 0.2) is 5.78 Å². The molecule has 104 valence electrons. The molecule has 0 N–H and O–H groups in total. The Morgan fingerprint density at radius 2 is 1.80 bits per heavy atom.